The Morgan fingerprint density at radius 1 is 1.33 bits per heavy atom. The molecule has 0 rings (SSSR count). The number of alkyl carbamates (subject to hydrolysis) is 1. The first-order chi connectivity index (χ1) is 6.76. The van der Waals surface area contributed by atoms with Gasteiger partial charge in [-0.1, -0.05) is 13.8 Å². The molecule has 0 spiro atoms. The van der Waals surface area contributed by atoms with Crippen LogP contribution in [0.5, 0.6) is 0 Å². The third-order valence-electron chi connectivity index (χ3n) is 1.93. The lowest BCUT2D eigenvalue weighted by atomic mass is 10.1. The van der Waals surface area contributed by atoms with Crippen LogP contribution in [0.1, 0.15) is 34.6 Å². The first-order valence-electron chi connectivity index (χ1n) is 5.40. The predicted octanol–water partition coefficient (Wildman–Crippen LogP) is 1.76. The van der Waals surface area contributed by atoms with Gasteiger partial charge in [-0.15, -0.1) is 0 Å². The molecule has 0 saturated carbocycles. The van der Waals surface area contributed by atoms with E-state index in [9.17, 15) is 4.79 Å². The van der Waals surface area contributed by atoms with Crippen LogP contribution in [0, 0.1) is 5.92 Å². The summed E-state index contributed by atoms with van der Waals surface area (Å²) < 4.78 is 5.19. The summed E-state index contributed by atoms with van der Waals surface area (Å²) in [5, 5.41) is 5.90. The van der Waals surface area contributed by atoms with Gasteiger partial charge in [0.1, 0.15) is 5.60 Å². The van der Waals surface area contributed by atoms with Crippen LogP contribution < -0.4 is 10.6 Å². The van der Waals surface area contributed by atoms with Gasteiger partial charge < -0.3 is 15.4 Å². The van der Waals surface area contributed by atoms with Crippen LogP contribution in [0.4, 0.5) is 4.79 Å². The number of rotatable bonds is 4. The Bertz CT molecular complexity index is 197. The quantitative estimate of drug-likeness (QED) is 0.753. The van der Waals surface area contributed by atoms with Crippen molar-refractivity contribution < 1.29 is 9.53 Å². The summed E-state index contributed by atoms with van der Waals surface area (Å²) in [6.45, 7) is 10.5. The summed E-state index contributed by atoms with van der Waals surface area (Å²) in [5.41, 5.74) is -0.439. The van der Waals surface area contributed by atoms with Crippen molar-refractivity contribution in [2.75, 3.05) is 13.6 Å². The molecule has 0 heterocycles. The SMILES string of the molecule is CNC[C@H](NC(=O)OC(C)(C)C)C(C)C. The van der Waals surface area contributed by atoms with E-state index in [1.807, 2.05) is 27.8 Å². The van der Waals surface area contributed by atoms with Gasteiger partial charge >= 0.3 is 6.09 Å². The highest BCUT2D eigenvalue weighted by Gasteiger charge is 2.20. The van der Waals surface area contributed by atoms with E-state index in [4.69, 9.17) is 4.74 Å². The Morgan fingerprint density at radius 2 is 1.87 bits per heavy atom. The number of ether oxygens (including phenoxy) is 1. The number of carbonyl (C=O) groups excluding carboxylic acids is 1. The molecule has 15 heavy (non-hydrogen) atoms. The van der Waals surface area contributed by atoms with E-state index in [-0.39, 0.29) is 12.1 Å². The van der Waals surface area contributed by atoms with Crippen LogP contribution in [-0.4, -0.2) is 31.3 Å². The highest BCUT2D eigenvalue weighted by atomic mass is 16.6. The number of hydrogen-bond donors (Lipinski definition) is 2. The molecule has 0 aromatic rings. The monoisotopic (exact) mass is 216 g/mol. The van der Waals surface area contributed by atoms with Crippen LogP contribution in [-0.2, 0) is 4.74 Å². The van der Waals surface area contributed by atoms with Gasteiger partial charge in [0.05, 0.1) is 0 Å². The summed E-state index contributed by atoms with van der Waals surface area (Å²) in [5.74, 6) is 0.380. The van der Waals surface area contributed by atoms with Crippen LogP contribution >= 0.6 is 0 Å². The molecule has 1 amide bonds. The Labute approximate surface area is 92.8 Å². The van der Waals surface area contributed by atoms with Crippen molar-refractivity contribution in [1.82, 2.24) is 10.6 Å². The molecule has 4 heteroatoms. The average molecular weight is 216 g/mol. The minimum atomic E-state index is -0.439. The van der Waals surface area contributed by atoms with Crippen molar-refractivity contribution in [1.29, 1.82) is 0 Å². The molecule has 90 valence electrons. The predicted molar refractivity (Wildman–Crippen MR) is 61.9 cm³/mol. The highest BCUT2D eigenvalue weighted by Crippen LogP contribution is 2.08. The van der Waals surface area contributed by atoms with E-state index in [2.05, 4.69) is 24.5 Å². The van der Waals surface area contributed by atoms with Gasteiger partial charge in [-0.2, -0.15) is 0 Å². The fourth-order valence-corrected chi connectivity index (χ4v) is 1.13. The molecular formula is C11H24N2O2. The molecule has 0 saturated heterocycles. The van der Waals surface area contributed by atoms with E-state index < -0.39 is 5.60 Å². The maximum Gasteiger partial charge on any atom is 0.407 e. The van der Waals surface area contributed by atoms with Gasteiger partial charge in [0, 0.05) is 12.6 Å². The molecule has 0 fully saturated rings. The summed E-state index contributed by atoms with van der Waals surface area (Å²) >= 11 is 0. The fourth-order valence-electron chi connectivity index (χ4n) is 1.13. The summed E-state index contributed by atoms with van der Waals surface area (Å²) in [6.07, 6.45) is -0.351. The number of amides is 1. The topological polar surface area (TPSA) is 50.4 Å². The zero-order chi connectivity index (χ0) is 12.1. The largest absolute Gasteiger partial charge is 0.444 e. The summed E-state index contributed by atoms with van der Waals surface area (Å²) in [6, 6.07) is 0.102. The van der Waals surface area contributed by atoms with E-state index >= 15 is 0 Å². The maximum absolute atomic E-state index is 11.5. The third kappa shape index (κ3) is 7.19. The zero-order valence-electron chi connectivity index (χ0n) is 10.7. The van der Waals surface area contributed by atoms with Gasteiger partial charge in [0.2, 0.25) is 0 Å². The Kier molecular flexibility index (Phi) is 5.65. The second-order valence-corrected chi connectivity index (χ2v) is 5.05. The second-order valence-electron chi connectivity index (χ2n) is 5.05. The molecule has 0 radical (unpaired) electrons. The van der Waals surface area contributed by atoms with E-state index in [0.717, 1.165) is 6.54 Å². The van der Waals surface area contributed by atoms with Crippen molar-refractivity contribution in [3.63, 3.8) is 0 Å². The van der Waals surface area contributed by atoms with Crippen molar-refractivity contribution >= 4 is 6.09 Å². The minimum absolute atomic E-state index is 0.102. The van der Waals surface area contributed by atoms with Crippen molar-refractivity contribution in [2.45, 2.75) is 46.3 Å². The zero-order valence-corrected chi connectivity index (χ0v) is 10.7. The molecule has 0 aliphatic carbocycles. The molecule has 2 N–H and O–H groups in total. The van der Waals surface area contributed by atoms with Gasteiger partial charge in [0.25, 0.3) is 0 Å². The molecule has 0 aliphatic heterocycles. The van der Waals surface area contributed by atoms with Gasteiger partial charge in [0.15, 0.2) is 0 Å². The lowest BCUT2D eigenvalue weighted by Gasteiger charge is -2.25. The van der Waals surface area contributed by atoms with Gasteiger partial charge in [-0.3, -0.25) is 0 Å². The van der Waals surface area contributed by atoms with Crippen LogP contribution in [0.3, 0.4) is 0 Å². The molecule has 0 aromatic heterocycles. The summed E-state index contributed by atoms with van der Waals surface area (Å²) in [4.78, 5) is 11.5. The van der Waals surface area contributed by atoms with E-state index in [0.29, 0.717) is 5.92 Å². The van der Waals surface area contributed by atoms with Crippen LogP contribution in [0.2, 0.25) is 0 Å². The van der Waals surface area contributed by atoms with Crippen molar-refractivity contribution in [3.05, 3.63) is 0 Å². The lowest BCUT2D eigenvalue weighted by Crippen LogP contribution is -2.46. The molecular weight excluding hydrogens is 192 g/mol. The minimum Gasteiger partial charge on any atom is -0.444 e. The van der Waals surface area contributed by atoms with Crippen LogP contribution in [0.25, 0.3) is 0 Å². The van der Waals surface area contributed by atoms with Gasteiger partial charge in [-0.25, -0.2) is 4.79 Å². The lowest BCUT2D eigenvalue weighted by molar-refractivity contribution is 0.0491. The third-order valence-corrected chi connectivity index (χ3v) is 1.93. The first kappa shape index (κ1) is 14.2. The van der Waals surface area contributed by atoms with E-state index in [1.165, 1.54) is 0 Å². The Hall–Kier alpha value is -0.770. The maximum atomic E-state index is 11.5. The van der Waals surface area contributed by atoms with Crippen molar-refractivity contribution in [3.8, 4) is 0 Å². The first-order valence-corrected chi connectivity index (χ1v) is 5.40. The smallest absolute Gasteiger partial charge is 0.407 e. The summed E-state index contributed by atoms with van der Waals surface area (Å²) in [7, 11) is 1.87. The standard InChI is InChI=1S/C11H24N2O2/c1-8(2)9(7-12-6)13-10(14)15-11(3,4)5/h8-9,12H,7H2,1-6H3,(H,13,14)/t9-/m0/s1. The van der Waals surface area contributed by atoms with Gasteiger partial charge in [-0.05, 0) is 33.7 Å². The van der Waals surface area contributed by atoms with Crippen LogP contribution in [0.15, 0.2) is 0 Å². The Balaban J connectivity index is 4.11. The molecule has 0 aromatic carbocycles. The normalized spacial score (nSPS) is 13.8. The van der Waals surface area contributed by atoms with E-state index in [1.54, 1.807) is 0 Å². The number of nitrogens with one attached hydrogen (secondary N) is 2. The molecule has 1 atom stereocenters. The molecule has 0 bridgehead atoms. The number of likely N-dealkylation sites (N-methyl/N-ethyl adjacent to an activating group) is 1. The molecule has 0 unspecified atom stereocenters. The number of hydrogen-bond acceptors (Lipinski definition) is 3. The van der Waals surface area contributed by atoms with Crippen molar-refractivity contribution in [2.24, 2.45) is 5.92 Å². The Morgan fingerprint density at radius 3 is 2.20 bits per heavy atom. The molecule has 0 aliphatic rings. The highest BCUT2D eigenvalue weighted by molar-refractivity contribution is 5.68. The fraction of sp³-hybridized carbons (Fsp3) is 0.909. The number of carbonyl (C=O) groups is 1. The molecule has 4 nitrogen and oxygen atoms in total. The second kappa shape index (κ2) is 5.95. The average Bonchev–Trinajstić information content (AvgIpc) is 1.99.